The van der Waals surface area contributed by atoms with Gasteiger partial charge in [0.15, 0.2) is 5.13 Å². The minimum absolute atomic E-state index is 0.114. The first-order valence-corrected chi connectivity index (χ1v) is 10.4. The van der Waals surface area contributed by atoms with Gasteiger partial charge in [-0.3, -0.25) is 9.69 Å². The molecule has 4 nitrogen and oxygen atoms in total. The molecule has 0 aliphatic heterocycles. The maximum atomic E-state index is 13.0. The van der Waals surface area contributed by atoms with Crippen molar-refractivity contribution in [2.24, 2.45) is 0 Å². The molecular weight excluding hydrogens is 378 g/mol. The predicted molar refractivity (Wildman–Crippen MR) is 114 cm³/mol. The van der Waals surface area contributed by atoms with Crippen LogP contribution in [0.4, 0.5) is 5.13 Å². The third-order valence-electron chi connectivity index (χ3n) is 4.42. The van der Waals surface area contributed by atoms with Crippen LogP contribution < -0.4 is 9.80 Å². The second-order valence-corrected chi connectivity index (χ2v) is 8.34. The van der Waals surface area contributed by atoms with Gasteiger partial charge in [-0.05, 0) is 24.1 Å². The number of rotatable bonds is 8. The Hall–Kier alpha value is -1.95. The molecule has 2 aromatic carbocycles. The van der Waals surface area contributed by atoms with Crippen LogP contribution in [0.15, 0.2) is 48.5 Å². The number of carbonyl (C=O) groups excluding carboxylic acids is 1. The molecule has 0 unspecified atom stereocenters. The number of thiazole rings is 1. The second-order valence-electron chi connectivity index (χ2n) is 6.92. The summed E-state index contributed by atoms with van der Waals surface area (Å²) >= 11 is 7.81. The Morgan fingerprint density at radius 3 is 2.63 bits per heavy atom. The highest BCUT2D eigenvalue weighted by Crippen LogP contribution is 2.33. The highest BCUT2D eigenvalue weighted by Gasteiger charge is 2.20. The van der Waals surface area contributed by atoms with Crippen LogP contribution in [0.3, 0.4) is 0 Å². The minimum atomic E-state index is 0.114. The van der Waals surface area contributed by atoms with Gasteiger partial charge in [0.25, 0.3) is 0 Å². The molecule has 0 saturated carbocycles. The summed E-state index contributed by atoms with van der Waals surface area (Å²) in [5.41, 5.74) is 1.95. The van der Waals surface area contributed by atoms with Gasteiger partial charge in [-0.1, -0.05) is 59.3 Å². The lowest BCUT2D eigenvalue weighted by atomic mass is 10.1. The van der Waals surface area contributed by atoms with E-state index in [9.17, 15) is 4.79 Å². The number of para-hydroxylation sites is 1. The van der Waals surface area contributed by atoms with E-state index in [1.54, 1.807) is 0 Å². The Labute approximate surface area is 169 Å². The normalized spacial score (nSPS) is 11.3. The fourth-order valence-corrected chi connectivity index (χ4v) is 4.28. The number of benzene rings is 2. The van der Waals surface area contributed by atoms with Gasteiger partial charge in [0.05, 0.1) is 30.4 Å². The molecule has 0 atom stereocenters. The number of aromatic nitrogens is 1. The van der Waals surface area contributed by atoms with Crippen molar-refractivity contribution in [1.29, 1.82) is 0 Å². The maximum Gasteiger partial charge on any atom is 0.229 e. The van der Waals surface area contributed by atoms with Crippen LogP contribution in [0, 0.1) is 0 Å². The average molecular weight is 403 g/mol. The van der Waals surface area contributed by atoms with Crippen LogP contribution in [-0.4, -0.2) is 38.1 Å². The van der Waals surface area contributed by atoms with Gasteiger partial charge >= 0.3 is 0 Å². The molecule has 0 bridgehead atoms. The van der Waals surface area contributed by atoms with Crippen molar-refractivity contribution in [3.8, 4) is 0 Å². The number of anilines is 1. The Bertz CT molecular complexity index is 895. The smallest absolute Gasteiger partial charge is 0.229 e. The molecule has 27 heavy (non-hydrogen) atoms. The summed E-state index contributed by atoms with van der Waals surface area (Å²) in [6.07, 6.45) is 2.15. The fourth-order valence-electron chi connectivity index (χ4n) is 2.97. The number of hydrogen-bond acceptors (Lipinski definition) is 3. The van der Waals surface area contributed by atoms with Crippen molar-refractivity contribution in [3.63, 3.8) is 0 Å². The van der Waals surface area contributed by atoms with Crippen molar-refractivity contribution in [1.82, 2.24) is 4.98 Å². The summed E-state index contributed by atoms with van der Waals surface area (Å²) in [7, 11) is 4.25. The summed E-state index contributed by atoms with van der Waals surface area (Å²) in [5.74, 6) is 0.114. The summed E-state index contributed by atoms with van der Waals surface area (Å²) < 4.78 is 1.01. The van der Waals surface area contributed by atoms with E-state index in [0.717, 1.165) is 34.7 Å². The van der Waals surface area contributed by atoms with Crippen LogP contribution in [0.1, 0.15) is 18.4 Å². The van der Waals surface area contributed by atoms with Gasteiger partial charge in [0, 0.05) is 19.4 Å². The molecule has 3 rings (SSSR count). The zero-order valence-corrected chi connectivity index (χ0v) is 17.3. The van der Waals surface area contributed by atoms with E-state index in [4.69, 9.17) is 11.6 Å². The van der Waals surface area contributed by atoms with Gasteiger partial charge < -0.3 is 4.90 Å². The molecule has 0 fully saturated rings. The monoisotopic (exact) mass is 402 g/mol. The molecule has 1 heterocycles. The van der Waals surface area contributed by atoms with Crippen molar-refractivity contribution in [3.05, 3.63) is 59.1 Å². The number of quaternary nitrogens is 1. The first kappa shape index (κ1) is 19.8. The van der Waals surface area contributed by atoms with E-state index in [1.165, 1.54) is 21.8 Å². The summed E-state index contributed by atoms with van der Waals surface area (Å²) in [4.78, 5) is 20.9. The summed E-state index contributed by atoms with van der Waals surface area (Å²) in [5, 5.41) is 1.37. The lowest BCUT2D eigenvalue weighted by Crippen LogP contribution is -3.05. The van der Waals surface area contributed by atoms with Crippen LogP contribution in [-0.2, 0) is 11.2 Å². The predicted octanol–water partition coefficient (Wildman–Crippen LogP) is 3.45. The number of nitrogens with zero attached hydrogens (tertiary/aromatic N) is 2. The molecule has 3 aromatic rings. The third-order valence-corrected chi connectivity index (χ3v) is 5.77. The van der Waals surface area contributed by atoms with Crippen LogP contribution in [0.2, 0.25) is 5.02 Å². The van der Waals surface area contributed by atoms with Crippen LogP contribution in [0.25, 0.3) is 10.2 Å². The average Bonchev–Trinajstić information content (AvgIpc) is 3.09. The van der Waals surface area contributed by atoms with E-state index in [1.807, 2.05) is 41.3 Å². The highest BCUT2D eigenvalue weighted by molar-refractivity contribution is 7.22. The van der Waals surface area contributed by atoms with E-state index >= 15 is 0 Å². The summed E-state index contributed by atoms with van der Waals surface area (Å²) in [6.45, 7) is 1.68. The molecule has 0 radical (unpaired) electrons. The first-order valence-electron chi connectivity index (χ1n) is 9.23. The first-order chi connectivity index (χ1) is 13.0. The van der Waals surface area contributed by atoms with Gasteiger partial charge in [0.1, 0.15) is 5.52 Å². The molecule has 1 amide bonds. The number of halogens is 1. The molecule has 1 N–H and O–H groups in total. The molecule has 0 saturated heterocycles. The number of fused-ring (bicyclic) bond motifs is 1. The SMILES string of the molecule is C[NH+](C)CCCN(C(=O)CCc1ccccc1)c1nc2c(Cl)cccc2s1. The zero-order chi connectivity index (χ0) is 19.2. The van der Waals surface area contributed by atoms with Crippen molar-refractivity contribution in [2.45, 2.75) is 19.3 Å². The standard InChI is InChI=1S/C21H24ClN3OS/c1-24(2)14-7-15-25(19(26)13-12-16-8-4-3-5-9-16)21-23-20-17(22)10-6-11-18(20)27-21/h3-6,8-11H,7,12-15H2,1-2H3/p+1. The Morgan fingerprint density at radius 2 is 1.93 bits per heavy atom. The van der Waals surface area contributed by atoms with Gasteiger partial charge in [0.2, 0.25) is 5.91 Å². The lowest BCUT2D eigenvalue weighted by Gasteiger charge is -2.20. The Balaban J connectivity index is 1.78. The van der Waals surface area contributed by atoms with Crippen LogP contribution >= 0.6 is 22.9 Å². The zero-order valence-electron chi connectivity index (χ0n) is 15.7. The number of amides is 1. The quantitative estimate of drug-likeness (QED) is 0.626. The molecular formula is C21H25ClN3OS+. The molecule has 142 valence electrons. The number of nitrogens with one attached hydrogen (secondary N) is 1. The second kappa shape index (κ2) is 9.31. The Morgan fingerprint density at radius 1 is 1.15 bits per heavy atom. The third kappa shape index (κ3) is 5.28. The van der Waals surface area contributed by atoms with Crippen LogP contribution in [0.5, 0.6) is 0 Å². The van der Waals surface area contributed by atoms with E-state index < -0.39 is 0 Å². The van der Waals surface area contributed by atoms with E-state index in [2.05, 4.69) is 31.2 Å². The van der Waals surface area contributed by atoms with E-state index in [-0.39, 0.29) is 5.91 Å². The van der Waals surface area contributed by atoms with Gasteiger partial charge in [-0.2, -0.15) is 0 Å². The fraction of sp³-hybridized carbons (Fsp3) is 0.333. The number of aryl methyl sites for hydroxylation is 1. The Kier molecular flexibility index (Phi) is 6.83. The van der Waals surface area contributed by atoms with Crippen molar-refractivity contribution < 1.29 is 9.69 Å². The van der Waals surface area contributed by atoms with Crippen molar-refractivity contribution in [2.75, 3.05) is 32.1 Å². The molecule has 6 heteroatoms. The molecule has 1 aromatic heterocycles. The summed E-state index contributed by atoms with van der Waals surface area (Å²) in [6, 6.07) is 15.9. The van der Waals surface area contributed by atoms with Gasteiger partial charge in [-0.15, -0.1) is 0 Å². The van der Waals surface area contributed by atoms with Crippen molar-refractivity contribution >= 4 is 44.2 Å². The minimum Gasteiger partial charge on any atom is -0.340 e. The maximum absolute atomic E-state index is 13.0. The van der Waals surface area contributed by atoms with Gasteiger partial charge in [-0.25, -0.2) is 4.98 Å². The largest absolute Gasteiger partial charge is 0.340 e. The lowest BCUT2D eigenvalue weighted by molar-refractivity contribution is -0.858. The molecule has 0 spiro atoms. The molecule has 0 aliphatic rings. The highest BCUT2D eigenvalue weighted by atomic mass is 35.5. The number of hydrogen-bond donors (Lipinski definition) is 1. The van der Waals surface area contributed by atoms with E-state index in [0.29, 0.717) is 18.0 Å². The topological polar surface area (TPSA) is 37.6 Å². The number of carbonyl (C=O) groups is 1. The molecule has 0 aliphatic carbocycles.